The molecule has 1 aliphatic carbocycles. The van der Waals surface area contributed by atoms with Gasteiger partial charge < -0.3 is 9.84 Å². The molecular weight excluding hydrogens is 384 g/mol. The summed E-state index contributed by atoms with van der Waals surface area (Å²) in [4.78, 5) is 19.2. The highest BCUT2D eigenvalue weighted by atomic mass is 32.1. The third kappa shape index (κ3) is 2.90. The SMILES string of the molecule is CCCn1c(-c2ccc(OC)cc2C2CC2)nc2sc3c(O)cccc3c2c1=O. The first kappa shape index (κ1) is 18.2. The van der Waals surface area contributed by atoms with Crippen LogP contribution in [0.3, 0.4) is 0 Å². The van der Waals surface area contributed by atoms with Crippen LogP contribution >= 0.6 is 11.3 Å². The quantitative estimate of drug-likeness (QED) is 0.490. The zero-order valence-corrected chi connectivity index (χ0v) is 17.3. The highest BCUT2D eigenvalue weighted by Crippen LogP contribution is 2.46. The number of rotatable bonds is 5. The molecule has 1 N–H and O–H groups in total. The second-order valence-corrected chi connectivity index (χ2v) is 8.55. The molecule has 2 aromatic carbocycles. The Morgan fingerprint density at radius 2 is 2.10 bits per heavy atom. The number of methoxy groups -OCH3 is 1. The lowest BCUT2D eigenvalue weighted by atomic mass is 10.0. The smallest absolute Gasteiger partial charge is 0.263 e. The molecule has 0 amide bonds. The predicted molar refractivity (Wildman–Crippen MR) is 117 cm³/mol. The van der Waals surface area contributed by atoms with E-state index in [2.05, 4.69) is 13.0 Å². The van der Waals surface area contributed by atoms with E-state index in [9.17, 15) is 9.90 Å². The van der Waals surface area contributed by atoms with E-state index >= 15 is 0 Å². The fourth-order valence-electron chi connectivity index (χ4n) is 4.01. The van der Waals surface area contributed by atoms with Gasteiger partial charge in [-0.1, -0.05) is 19.1 Å². The van der Waals surface area contributed by atoms with Crippen molar-refractivity contribution in [1.82, 2.24) is 9.55 Å². The van der Waals surface area contributed by atoms with Crippen molar-refractivity contribution in [3.05, 3.63) is 52.3 Å². The van der Waals surface area contributed by atoms with Gasteiger partial charge in [0.25, 0.3) is 5.56 Å². The zero-order valence-electron chi connectivity index (χ0n) is 16.4. The van der Waals surface area contributed by atoms with Gasteiger partial charge in [0, 0.05) is 17.5 Å². The van der Waals surface area contributed by atoms with Crippen molar-refractivity contribution in [3.63, 3.8) is 0 Å². The minimum atomic E-state index is -0.0405. The van der Waals surface area contributed by atoms with Gasteiger partial charge in [-0.2, -0.15) is 0 Å². The largest absolute Gasteiger partial charge is 0.506 e. The van der Waals surface area contributed by atoms with Crippen molar-refractivity contribution >= 4 is 31.6 Å². The number of phenolic OH excluding ortho intramolecular Hbond substituents is 1. The van der Waals surface area contributed by atoms with Gasteiger partial charge in [0.15, 0.2) is 0 Å². The average Bonchev–Trinajstić information content (AvgIpc) is 3.50. The molecule has 0 bridgehead atoms. The number of ether oxygens (including phenoxy) is 1. The lowest BCUT2D eigenvalue weighted by molar-refractivity contribution is 0.414. The van der Waals surface area contributed by atoms with Crippen molar-refractivity contribution in [1.29, 1.82) is 0 Å². The molecule has 29 heavy (non-hydrogen) atoms. The van der Waals surface area contributed by atoms with E-state index in [1.54, 1.807) is 23.8 Å². The van der Waals surface area contributed by atoms with Crippen molar-refractivity contribution in [2.75, 3.05) is 7.11 Å². The summed E-state index contributed by atoms with van der Waals surface area (Å²) in [5.74, 6) is 2.22. The third-order valence-corrected chi connectivity index (χ3v) is 6.68. The van der Waals surface area contributed by atoms with Gasteiger partial charge in [0.05, 0.1) is 17.2 Å². The number of benzene rings is 2. The van der Waals surface area contributed by atoms with Gasteiger partial charge in [-0.25, -0.2) is 4.98 Å². The van der Waals surface area contributed by atoms with Crippen LogP contribution in [0.2, 0.25) is 0 Å². The molecule has 148 valence electrons. The summed E-state index contributed by atoms with van der Waals surface area (Å²) >= 11 is 1.38. The van der Waals surface area contributed by atoms with Crippen LogP contribution in [0.15, 0.2) is 41.2 Å². The first-order valence-corrected chi connectivity index (χ1v) is 10.8. The van der Waals surface area contributed by atoms with Crippen molar-refractivity contribution in [3.8, 4) is 22.9 Å². The number of thiophene rings is 1. The number of hydrogen-bond acceptors (Lipinski definition) is 5. The number of hydrogen-bond donors (Lipinski definition) is 1. The number of fused-ring (bicyclic) bond motifs is 3. The van der Waals surface area contributed by atoms with Crippen LogP contribution in [0.5, 0.6) is 11.5 Å². The van der Waals surface area contributed by atoms with Crippen LogP contribution in [0.25, 0.3) is 31.7 Å². The first-order chi connectivity index (χ1) is 14.1. The average molecular weight is 407 g/mol. The summed E-state index contributed by atoms with van der Waals surface area (Å²) in [6.07, 6.45) is 3.14. The Balaban J connectivity index is 1.85. The molecule has 6 heteroatoms. The predicted octanol–water partition coefficient (Wildman–Crippen LogP) is 5.28. The highest BCUT2D eigenvalue weighted by Gasteiger charge is 2.29. The Morgan fingerprint density at radius 3 is 2.83 bits per heavy atom. The first-order valence-electron chi connectivity index (χ1n) is 9.95. The number of phenols is 1. The van der Waals surface area contributed by atoms with Crippen molar-refractivity contribution in [2.24, 2.45) is 0 Å². The summed E-state index contributed by atoms with van der Waals surface area (Å²) in [6, 6.07) is 11.3. The molecule has 0 atom stereocenters. The summed E-state index contributed by atoms with van der Waals surface area (Å²) in [6.45, 7) is 2.66. The van der Waals surface area contributed by atoms with Crippen LogP contribution in [-0.2, 0) is 6.54 Å². The van der Waals surface area contributed by atoms with E-state index in [1.165, 1.54) is 16.9 Å². The molecule has 0 radical (unpaired) electrons. The van der Waals surface area contributed by atoms with Crippen molar-refractivity contribution in [2.45, 2.75) is 38.6 Å². The maximum atomic E-state index is 13.5. The Kier molecular flexibility index (Phi) is 4.32. The van der Waals surface area contributed by atoms with Gasteiger partial charge in [0.1, 0.15) is 22.2 Å². The van der Waals surface area contributed by atoms with E-state index in [1.807, 2.05) is 18.2 Å². The number of aromatic nitrogens is 2. The van der Waals surface area contributed by atoms with Crippen LogP contribution in [0.4, 0.5) is 0 Å². The maximum Gasteiger partial charge on any atom is 0.263 e. The van der Waals surface area contributed by atoms with Crippen LogP contribution < -0.4 is 10.3 Å². The van der Waals surface area contributed by atoms with Gasteiger partial charge in [-0.15, -0.1) is 11.3 Å². The molecule has 4 aromatic rings. The van der Waals surface area contributed by atoms with E-state index in [0.717, 1.165) is 36.0 Å². The third-order valence-electron chi connectivity index (χ3n) is 5.56. The molecule has 1 aliphatic rings. The molecule has 1 fully saturated rings. The molecule has 5 nitrogen and oxygen atoms in total. The molecule has 0 saturated heterocycles. The van der Waals surface area contributed by atoms with Gasteiger partial charge >= 0.3 is 0 Å². The summed E-state index contributed by atoms with van der Waals surface area (Å²) in [7, 11) is 1.67. The van der Waals surface area contributed by atoms with Gasteiger partial charge in [0.2, 0.25) is 0 Å². The Hall–Kier alpha value is -2.86. The summed E-state index contributed by atoms with van der Waals surface area (Å²) in [5, 5.41) is 11.6. The van der Waals surface area contributed by atoms with E-state index in [-0.39, 0.29) is 11.3 Å². The standard InChI is InChI=1S/C23H22N2O3S/c1-3-11-25-21(15-10-9-14(28-2)12-17(15)13-7-8-13)24-22-19(23(25)27)16-5-4-6-18(26)20(16)29-22/h4-6,9-10,12-13,26H,3,7-8,11H2,1-2H3. The topological polar surface area (TPSA) is 64.3 Å². The fraction of sp³-hybridized carbons (Fsp3) is 0.304. The summed E-state index contributed by atoms with van der Waals surface area (Å²) in [5.41, 5.74) is 2.16. The highest BCUT2D eigenvalue weighted by molar-refractivity contribution is 7.25. The summed E-state index contributed by atoms with van der Waals surface area (Å²) < 4.78 is 7.94. The number of nitrogens with zero attached hydrogens (tertiary/aromatic N) is 2. The van der Waals surface area contributed by atoms with Crippen LogP contribution in [0.1, 0.15) is 37.7 Å². The van der Waals surface area contributed by atoms with E-state index < -0.39 is 0 Å². The monoisotopic (exact) mass is 406 g/mol. The fourth-order valence-corrected chi connectivity index (χ4v) is 5.08. The zero-order chi connectivity index (χ0) is 20.1. The molecular formula is C23H22N2O3S. The number of aromatic hydroxyl groups is 1. The molecule has 0 unspecified atom stereocenters. The minimum absolute atomic E-state index is 0.0405. The molecule has 1 saturated carbocycles. The normalized spacial score (nSPS) is 14.0. The Labute approximate surface area is 172 Å². The Bertz CT molecular complexity index is 1300. The van der Waals surface area contributed by atoms with Gasteiger partial charge in [-0.05, 0) is 55.0 Å². The molecule has 0 spiro atoms. The van der Waals surface area contributed by atoms with Crippen molar-refractivity contribution < 1.29 is 9.84 Å². The van der Waals surface area contributed by atoms with Crippen LogP contribution in [0, 0.1) is 0 Å². The second kappa shape index (κ2) is 6.88. The maximum absolute atomic E-state index is 13.5. The van der Waals surface area contributed by atoms with E-state index in [4.69, 9.17) is 9.72 Å². The van der Waals surface area contributed by atoms with E-state index in [0.29, 0.717) is 33.2 Å². The minimum Gasteiger partial charge on any atom is -0.506 e. The molecule has 2 aromatic heterocycles. The molecule has 5 rings (SSSR count). The second-order valence-electron chi connectivity index (χ2n) is 7.56. The lowest BCUT2D eigenvalue weighted by Gasteiger charge is -2.16. The van der Waals surface area contributed by atoms with Crippen LogP contribution in [-0.4, -0.2) is 21.8 Å². The van der Waals surface area contributed by atoms with Gasteiger partial charge in [-0.3, -0.25) is 9.36 Å². The molecule has 2 heterocycles. The lowest BCUT2D eigenvalue weighted by Crippen LogP contribution is -2.23. The Morgan fingerprint density at radius 1 is 1.28 bits per heavy atom. The molecule has 0 aliphatic heterocycles.